The SMILES string of the molecule is O=C(Nc1ccc(-n2ccccc2=O)cc1F)NC1CCNCC1. The molecule has 2 amide bonds. The predicted molar refractivity (Wildman–Crippen MR) is 90.0 cm³/mol. The van der Waals surface area contributed by atoms with Gasteiger partial charge in [0.15, 0.2) is 0 Å². The van der Waals surface area contributed by atoms with Crippen LogP contribution in [0.4, 0.5) is 14.9 Å². The maximum absolute atomic E-state index is 14.2. The molecule has 3 N–H and O–H groups in total. The van der Waals surface area contributed by atoms with Crippen LogP contribution in [-0.4, -0.2) is 29.7 Å². The largest absolute Gasteiger partial charge is 0.335 e. The number of amides is 2. The highest BCUT2D eigenvalue weighted by atomic mass is 19.1. The van der Waals surface area contributed by atoms with Crippen LogP contribution >= 0.6 is 0 Å². The third kappa shape index (κ3) is 3.80. The molecule has 2 heterocycles. The Morgan fingerprint density at radius 1 is 1.21 bits per heavy atom. The minimum absolute atomic E-state index is 0.0779. The number of nitrogens with zero attached hydrogens (tertiary/aromatic N) is 1. The second-order valence-electron chi connectivity index (χ2n) is 5.70. The van der Waals surface area contributed by atoms with Gasteiger partial charge in [0.2, 0.25) is 0 Å². The molecule has 1 saturated heterocycles. The number of benzene rings is 1. The van der Waals surface area contributed by atoms with Gasteiger partial charge in [0.25, 0.3) is 5.56 Å². The van der Waals surface area contributed by atoms with Crippen molar-refractivity contribution in [1.82, 2.24) is 15.2 Å². The van der Waals surface area contributed by atoms with Gasteiger partial charge >= 0.3 is 6.03 Å². The molecule has 0 unspecified atom stereocenters. The van der Waals surface area contributed by atoms with Crippen LogP contribution in [0.25, 0.3) is 5.69 Å². The van der Waals surface area contributed by atoms with E-state index >= 15 is 0 Å². The first kappa shape index (κ1) is 16.2. The van der Waals surface area contributed by atoms with E-state index in [1.807, 2.05) is 0 Å². The summed E-state index contributed by atoms with van der Waals surface area (Å²) in [7, 11) is 0. The number of carbonyl (C=O) groups excluding carboxylic acids is 1. The Hall–Kier alpha value is -2.67. The summed E-state index contributed by atoms with van der Waals surface area (Å²) in [5.41, 5.74) is 0.234. The van der Waals surface area contributed by atoms with Gasteiger partial charge in [-0.3, -0.25) is 9.36 Å². The first-order valence-corrected chi connectivity index (χ1v) is 7.89. The summed E-state index contributed by atoms with van der Waals surface area (Å²) >= 11 is 0. The number of anilines is 1. The monoisotopic (exact) mass is 330 g/mol. The van der Waals surface area contributed by atoms with Crippen molar-refractivity contribution in [2.24, 2.45) is 0 Å². The lowest BCUT2D eigenvalue weighted by atomic mass is 10.1. The van der Waals surface area contributed by atoms with E-state index in [4.69, 9.17) is 0 Å². The van der Waals surface area contributed by atoms with E-state index in [9.17, 15) is 14.0 Å². The zero-order chi connectivity index (χ0) is 16.9. The maximum atomic E-state index is 14.2. The van der Waals surface area contributed by atoms with Crippen LogP contribution < -0.4 is 21.5 Å². The fourth-order valence-electron chi connectivity index (χ4n) is 2.71. The highest BCUT2D eigenvalue weighted by Gasteiger charge is 2.16. The molecular formula is C17H19FN4O2. The molecule has 1 aromatic heterocycles. The summed E-state index contributed by atoms with van der Waals surface area (Å²) in [4.78, 5) is 23.7. The molecule has 6 nitrogen and oxygen atoms in total. The summed E-state index contributed by atoms with van der Waals surface area (Å²) in [6, 6.07) is 8.64. The van der Waals surface area contributed by atoms with Gasteiger partial charge < -0.3 is 16.0 Å². The van der Waals surface area contributed by atoms with Crippen LogP contribution in [0.2, 0.25) is 0 Å². The second-order valence-corrected chi connectivity index (χ2v) is 5.70. The normalized spacial score (nSPS) is 15.0. The van der Waals surface area contributed by atoms with Crippen molar-refractivity contribution >= 4 is 11.7 Å². The Kier molecular flexibility index (Phi) is 4.90. The molecular weight excluding hydrogens is 311 g/mol. The van der Waals surface area contributed by atoms with E-state index < -0.39 is 11.8 Å². The lowest BCUT2D eigenvalue weighted by Gasteiger charge is -2.23. The summed E-state index contributed by atoms with van der Waals surface area (Å²) in [5.74, 6) is -0.594. The number of carbonyl (C=O) groups is 1. The smallest absolute Gasteiger partial charge is 0.319 e. The van der Waals surface area contributed by atoms with Crippen LogP contribution in [0, 0.1) is 5.82 Å². The van der Waals surface area contributed by atoms with Gasteiger partial charge in [-0.25, -0.2) is 9.18 Å². The Morgan fingerprint density at radius 2 is 2.00 bits per heavy atom. The number of aromatic nitrogens is 1. The number of nitrogens with one attached hydrogen (secondary N) is 3. The van der Waals surface area contributed by atoms with Crippen molar-refractivity contribution in [2.45, 2.75) is 18.9 Å². The molecule has 24 heavy (non-hydrogen) atoms. The van der Waals surface area contributed by atoms with Crippen LogP contribution in [-0.2, 0) is 0 Å². The summed E-state index contributed by atoms with van der Waals surface area (Å²) in [6.07, 6.45) is 3.27. The third-order valence-electron chi connectivity index (χ3n) is 3.98. The number of pyridine rings is 1. The van der Waals surface area contributed by atoms with Gasteiger partial charge in [0.1, 0.15) is 5.82 Å². The summed E-state index contributed by atoms with van der Waals surface area (Å²) in [6.45, 7) is 1.72. The van der Waals surface area contributed by atoms with E-state index in [1.165, 1.54) is 22.8 Å². The van der Waals surface area contributed by atoms with E-state index in [-0.39, 0.29) is 17.3 Å². The summed E-state index contributed by atoms with van der Waals surface area (Å²) in [5, 5.41) is 8.57. The molecule has 1 aliphatic rings. The molecule has 3 rings (SSSR count). The quantitative estimate of drug-likeness (QED) is 0.804. The van der Waals surface area contributed by atoms with Crippen LogP contribution in [0.15, 0.2) is 47.4 Å². The second kappa shape index (κ2) is 7.27. The average molecular weight is 330 g/mol. The zero-order valence-corrected chi connectivity index (χ0v) is 13.1. The lowest BCUT2D eigenvalue weighted by Crippen LogP contribution is -2.44. The molecule has 2 aromatic rings. The lowest BCUT2D eigenvalue weighted by molar-refractivity contribution is 0.245. The van der Waals surface area contributed by atoms with E-state index in [2.05, 4.69) is 16.0 Å². The van der Waals surface area contributed by atoms with Gasteiger partial charge in [-0.05, 0) is 44.1 Å². The summed E-state index contributed by atoms with van der Waals surface area (Å²) < 4.78 is 15.6. The molecule has 1 fully saturated rings. The molecule has 0 saturated carbocycles. The van der Waals surface area contributed by atoms with Crippen molar-refractivity contribution in [3.05, 3.63) is 58.8 Å². The first-order valence-electron chi connectivity index (χ1n) is 7.89. The van der Waals surface area contributed by atoms with Crippen molar-refractivity contribution < 1.29 is 9.18 Å². The fourth-order valence-corrected chi connectivity index (χ4v) is 2.71. The number of hydrogen-bond acceptors (Lipinski definition) is 3. The number of rotatable bonds is 3. The first-order chi connectivity index (χ1) is 11.6. The molecule has 0 spiro atoms. The number of hydrogen-bond donors (Lipinski definition) is 3. The van der Waals surface area contributed by atoms with Crippen molar-refractivity contribution in [3.63, 3.8) is 0 Å². The molecule has 0 atom stereocenters. The molecule has 7 heteroatoms. The third-order valence-corrected chi connectivity index (χ3v) is 3.98. The van der Waals surface area contributed by atoms with E-state index in [0.29, 0.717) is 5.69 Å². The molecule has 1 aromatic carbocycles. The van der Waals surface area contributed by atoms with Crippen LogP contribution in [0.5, 0.6) is 0 Å². The average Bonchev–Trinajstić information content (AvgIpc) is 2.58. The van der Waals surface area contributed by atoms with Gasteiger partial charge in [-0.1, -0.05) is 6.07 Å². The van der Waals surface area contributed by atoms with E-state index in [0.717, 1.165) is 25.9 Å². The Bertz CT molecular complexity index is 784. The molecule has 0 radical (unpaired) electrons. The van der Waals surface area contributed by atoms with Crippen molar-refractivity contribution in [2.75, 3.05) is 18.4 Å². The van der Waals surface area contributed by atoms with Crippen LogP contribution in [0.1, 0.15) is 12.8 Å². The topological polar surface area (TPSA) is 75.2 Å². The molecule has 1 aliphatic heterocycles. The number of piperidine rings is 1. The van der Waals surface area contributed by atoms with Gasteiger partial charge in [0, 0.05) is 24.4 Å². The Balaban J connectivity index is 1.70. The van der Waals surface area contributed by atoms with E-state index in [1.54, 1.807) is 24.4 Å². The Labute approximate surface area is 138 Å². The number of halogens is 1. The predicted octanol–water partition coefficient (Wildman–Crippen LogP) is 1.85. The van der Waals surface area contributed by atoms with Gasteiger partial charge in [-0.15, -0.1) is 0 Å². The molecule has 126 valence electrons. The standard InChI is InChI=1S/C17H19FN4O2/c18-14-11-13(22-10-2-1-3-16(22)23)4-5-15(14)21-17(24)20-12-6-8-19-9-7-12/h1-5,10-12,19H,6-9H2,(H2,20,21,24). The fraction of sp³-hybridized carbons (Fsp3) is 0.294. The number of urea groups is 1. The molecule has 0 bridgehead atoms. The van der Waals surface area contributed by atoms with Crippen molar-refractivity contribution in [3.8, 4) is 5.69 Å². The maximum Gasteiger partial charge on any atom is 0.319 e. The van der Waals surface area contributed by atoms with Crippen LogP contribution in [0.3, 0.4) is 0 Å². The molecule has 0 aliphatic carbocycles. The highest BCUT2D eigenvalue weighted by Crippen LogP contribution is 2.17. The minimum atomic E-state index is -0.594. The van der Waals surface area contributed by atoms with Gasteiger partial charge in [0.05, 0.1) is 11.4 Å². The zero-order valence-electron chi connectivity index (χ0n) is 13.1. The van der Waals surface area contributed by atoms with Crippen molar-refractivity contribution in [1.29, 1.82) is 0 Å². The Morgan fingerprint density at radius 3 is 2.71 bits per heavy atom. The minimum Gasteiger partial charge on any atom is -0.335 e. The van der Waals surface area contributed by atoms with Gasteiger partial charge in [-0.2, -0.15) is 0 Å². The highest BCUT2D eigenvalue weighted by molar-refractivity contribution is 5.89.